The third-order valence-corrected chi connectivity index (χ3v) is 6.81. The molecule has 5 rings (SSSR count). The van der Waals surface area contributed by atoms with Crippen LogP contribution >= 0.6 is 15.9 Å². The molecule has 3 unspecified atom stereocenters. The number of fused-ring (bicyclic) bond motifs is 1. The Morgan fingerprint density at radius 2 is 1.61 bits per heavy atom. The summed E-state index contributed by atoms with van der Waals surface area (Å²) < 4.78 is 12.6. The maximum atomic E-state index is 13.8. The number of imide groups is 1. The molecule has 0 bridgehead atoms. The first-order chi connectivity index (χ1) is 17.5. The van der Waals surface area contributed by atoms with Gasteiger partial charge in [-0.25, -0.2) is 9.96 Å². The quantitative estimate of drug-likeness (QED) is 0.336. The van der Waals surface area contributed by atoms with Crippen molar-refractivity contribution >= 4 is 39.1 Å². The Labute approximate surface area is 218 Å². The molecule has 7 nitrogen and oxygen atoms in total. The summed E-state index contributed by atoms with van der Waals surface area (Å²) in [4.78, 5) is 34.7. The summed E-state index contributed by atoms with van der Waals surface area (Å²) in [6, 6.07) is 21.8. The summed E-state index contributed by atoms with van der Waals surface area (Å²) in [7, 11) is 0. The van der Waals surface area contributed by atoms with Crippen LogP contribution in [0.5, 0.6) is 11.5 Å². The van der Waals surface area contributed by atoms with Gasteiger partial charge in [-0.1, -0.05) is 47.1 Å². The average molecular weight is 551 g/mol. The van der Waals surface area contributed by atoms with Gasteiger partial charge in [0.1, 0.15) is 5.92 Å². The van der Waals surface area contributed by atoms with Crippen molar-refractivity contribution in [2.75, 3.05) is 23.2 Å². The van der Waals surface area contributed by atoms with E-state index in [9.17, 15) is 9.59 Å². The van der Waals surface area contributed by atoms with Crippen molar-refractivity contribution in [3.05, 3.63) is 82.8 Å². The molecule has 186 valence electrons. The molecule has 2 saturated heterocycles. The van der Waals surface area contributed by atoms with E-state index in [-0.39, 0.29) is 11.8 Å². The van der Waals surface area contributed by atoms with E-state index >= 15 is 0 Å². The second-order valence-electron chi connectivity index (χ2n) is 8.63. The fourth-order valence-corrected chi connectivity index (χ4v) is 4.97. The lowest BCUT2D eigenvalue weighted by molar-refractivity contribution is -0.126. The first-order valence-corrected chi connectivity index (χ1v) is 12.9. The van der Waals surface area contributed by atoms with Crippen molar-refractivity contribution in [1.29, 1.82) is 0 Å². The zero-order valence-corrected chi connectivity index (χ0v) is 21.7. The molecule has 36 heavy (non-hydrogen) atoms. The van der Waals surface area contributed by atoms with Gasteiger partial charge in [-0.3, -0.25) is 14.4 Å². The lowest BCUT2D eigenvalue weighted by Crippen LogP contribution is -2.37. The average Bonchev–Trinajstić information content (AvgIpc) is 3.40. The summed E-state index contributed by atoms with van der Waals surface area (Å²) in [5.41, 5.74) is 2.09. The van der Waals surface area contributed by atoms with Gasteiger partial charge in [-0.15, -0.1) is 0 Å². The minimum absolute atomic E-state index is 0.292. The number of hydroxylamine groups is 1. The number of hydrogen-bond donors (Lipinski definition) is 0. The van der Waals surface area contributed by atoms with E-state index in [2.05, 4.69) is 15.9 Å². The van der Waals surface area contributed by atoms with Gasteiger partial charge in [-0.05, 0) is 67.4 Å². The standard InChI is InChI=1S/C28H27BrN2O5/c1-3-16-35-22-15-10-18(17-23(22)34-4-2)25-24-26(36-31(25)21-8-6-5-7-9-21)28(33)30(27(24)32)20-13-11-19(29)12-14-20/h5-15,17,24-26H,3-4,16H2,1-2H3. The van der Waals surface area contributed by atoms with Gasteiger partial charge < -0.3 is 9.47 Å². The second-order valence-corrected chi connectivity index (χ2v) is 9.55. The van der Waals surface area contributed by atoms with Crippen molar-refractivity contribution in [2.45, 2.75) is 32.4 Å². The number of rotatable bonds is 8. The lowest BCUT2D eigenvalue weighted by Gasteiger charge is -2.29. The molecule has 3 aromatic rings. The van der Waals surface area contributed by atoms with Crippen LogP contribution in [0.15, 0.2) is 77.3 Å². The Balaban J connectivity index is 1.57. The number of amides is 2. The summed E-state index contributed by atoms with van der Waals surface area (Å²) in [5.74, 6) is -0.141. The molecular weight excluding hydrogens is 524 g/mol. The van der Waals surface area contributed by atoms with E-state index < -0.39 is 18.1 Å². The second kappa shape index (κ2) is 10.3. The molecule has 2 aliphatic heterocycles. The molecular formula is C28H27BrN2O5. The highest BCUT2D eigenvalue weighted by atomic mass is 79.9. The predicted molar refractivity (Wildman–Crippen MR) is 140 cm³/mol. The van der Waals surface area contributed by atoms with Crippen LogP contribution in [0.25, 0.3) is 0 Å². The molecule has 3 aromatic carbocycles. The predicted octanol–water partition coefficient (Wildman–Crippen LogP) is 5.69. The van der Waals surface area contributed by atoms with E-state index in [4.69, 9.17) is 14.3 Å². The van der Waals surface area contributed by atoms with Crippen LogP contribution in [0.3, 0.4) is 0 Å². The van der Waals surface area contributed by atoms with Gasteiger partial charge in [-0.2, -0.15) is 0 Å². The number of halogens is 1. The molecule has 0 radical (unpaired) electrons. The van der Waals surface area contributed by atoms with E-state index in [1.54, 1.807) is 17.2 Å². The number of nitrogens with zero attached hydrogens (tertiary/aromatic N) is 2. The van der Waals surface area contributed by atoms with Gasteiger partial charge in [0.15, 0.2) is 17.6 Å². The van der Waals surface area contributed by atoms with Crippen molar-refractivity contribution < 1.29 is 23.9 Å². The summed E-state index contributed by atoms with van der Waals surface area (Å²) in [6.07, 6.45) is -0.0596. The van der Waals surface area contributed by atoms with Gasteiger partial charge in [0.05, 0.1) is 30.6 Å². The fourth-order valence-electron chi connectivity index (χ4n) is 4.71. The Hall–Kier alpha value is -3.36. The Bertz CT molecular complexity index is 1250. The zero-order chi connectivity index (χ0) is 25.2. The topological polar surface area (TPSA) is 68.3 Å². The molecule has 8 heteroatoms. The highest BCUT2D eigenvalue weighted by molar-refractivity contribution is 9.10. The molecule has 0 spiro atoms. The van der Waals surface area contributed by atoms with Gasteiger partial charge in [0, 0.05) is 4.47 Å². The zero-order valence-electron chi connectivity index (χ0n) is 20.1. The molecule has 0 N–H and O–H groups in total. The maximum Gasteiger partial charge on any atom is 0.266 e. The largest absolute Gasteiger partial charge is 0.490 e. The fraction of sp³-hybridized carbons (Fsp3) is 0.286. The molecule has 2 amide bonds. The monoisotopic (exact) mass is 550 g/mol. The Kier molecular flexibility index (Phi) is 6.98. The molecule has 0 aromatic heterocycles. The molecule has 0 saturated carbocycles. The van der Waals surface area contributed by atoms with Crippen LogP contribution in [0, 0.1) is 5.92 Å². The number of anilines is 2. The number of ether oxygens (including phenoxy) is 2. The van der Waals surface area contributed by atoms with E-state index in [0.717, 1.165) is 22.1 Å². The van der Waals surface area contributed by atoms with E-state index in [1.807, 2.05) is 74.5 Å². The van der Waals surface area contributed by atoms with Crippen molar-refractivity contribution in [3.8, 4) is 11.5 Å². The Morgan fingerprint density at radius 1 is 0.861 bits per heavy atom. The number of hydrogen-bond acceptors (Lipinski definition) is 6. The first kappa shape index (κ1) is 24.3. The normalized spacial score (nSPS) is 21.1. The van der Waals surface area contributed by atoms with Crippen molar-refractivity contribution in [3.63, 3.8) is 0 Å². The number of para-hydroxylation sites is 1. The third-order valence-electron chi connectivity index (χ3n) is 6.28. The first-order valence-electron chi connectivity index (χ1n) is 12.1. The van der Waals surface area contributed by atoms with Crippen LogP contribution in [-0.4, -0.2) is 31.1 Å². The number of carbonyl (C=O) groups is 2. The minimum atomic E-state index is -0.932. The van der Waals surface area contributed by atoms with Gasteiger partial charge >= 0.3 is 0 Å². The van der Waals surface area contributed by atoms with E-state index in [0.29, 0.717) is 30.4 Å². The molecule has 2 heterocycles. The van der Waals surface area contributed by atoms with Crippen molar-refractivity contribution in [2.24, 2.45) is 5.92 Å². The van der Waals surface area contributed by atoms with Gasteiger partial charge in [0.25, 0.3) is 5.91 Å². The van der Waals surface area contributed by atoms with E-state index in [1.165, 1.54) is 4.90 Å². The summed E-state index contributed by atoms with van der Waals surface area (Å²) >= 11 is 3.41. The van der Waals surface area contributed by atoms with Crippen LogP contribution in [0.4, 0.5) is 11.4 Å². The number of benzene rings is 3. The van der Waals surface area contributed by atoms with Crippen LogP contribution in [0.1, 0.15) is 31.9 Å². The Morgan fingerprint density at radius 3 is 2.31 bits per heavy atom. The van der Waals surface area contributed by atoms with Crippen LogP contribution in [0.2, 0.25) is 0 Å². The van der Waals surface area contributed by atoms with Crippen molar-refractivity contribution in [1.82, 2.24) is 0 Å². The maximum absolute atomic E-state index is 13.8. The third kappa shape index (κ3) is 4.35. The summed E-state index contributed by atoms with van der Waals surface area (Å²) in [6.45, 7) is 5.00. The SMILES string of the molecule is CCCOc1ccc(C2C3C(=O)N(c4ccc(Br)cc4)C(=O)C3ON2c2ccccc2)cc1OCC. The number of carbonyl (C=O) groups excluding carboxylic acids is 2. The van der Waals surface area contributed by atoms with Crippen LogP contribution < -0.4 is 19.4 Å². The highest BCUT2D eigenvalue weighted by Crippen LogP contribution is 2.48. The molecule has 3 atom stereocenters. The van der Waals surface area contributed by atoms with Crippen LogP contribution in [-0.2, 0) is 14.4 Å². The summed E-state index contributed by atoms with van der Waals surface area (Å²) in [5, 5.41) is 1.68. The molecule has 2 fully saturated rings. The molecule has 2 aliphatic rings. The smallest absolute Gasteiger partial charge is 0.266 e. The lowest BCUT2D eigenvalue weighted by atomic mass is 9.90. The van der Waals surface area contributed by atoms with Gasteiger partial charge in [0.2, 0.25) is 5.91 Å². The highest BCUT2D eigenvalue weighted by Gasteiger charge is 2.60. The molecule has 0 aliphatic carbocycles. The minimum Gasteiger partial charge on any atom is -0.490 e.